The molecular formula is C21H20N6O3S3. The maximum absolute atomic E-state index is 13.1. The van der Waals surface area contributed by atoms with Gasteiger partial charge >= 0.3 is 0 Å². The van der Waals surface area contributed by atoms with E-state index in [0.717, 1.165) is 42.0 Å². The molecule has 0 aromatic carbocycles. The van der Waals surface area contributed by atoms with Crippen molar-refractivity contribution in [2.75, 3.05) is 16.7 Å². The third-order valence-electron chi connectivity index (χ3n) is 5.40. The van der Waals surface area contributed by atoms with Crippen molar-refractivity contribution in [3.63, 3.8) is 0 Å². The van der Waals surface area contributed by atoms with Gasteiger partial charge in [0.1, 0.15) is 15.8 Å². The molecule has 0 aliphatic heterocycles. The summed E-state index contributed by atoms with van der Waals surface area (Å²) < 4.78 is 38.8. The zero-order valence-electron chi connectivity index (χ0n) is 17.6. The van der Waals surface area contributed by atoms with E-state index in [-0.39, 0.29) is 11.2 Å². The molecule has 1 aliphatic carbocycles. The first-order valence-electron chi connectivity index (χ1n) is 10.1. The Labute approximate surface area is 197 Å². The summed E-state index contributed by atoms with van der Waals surface area (Å²) >= 11 is 0.183. The number of hydrogen-bond acceptors (Lipinski definition) is 9. The molecule has 4 heterocycles. The lowest BCUT2D eigenvalue weighted by Crippen LogP contribution is -2.28. The molecule has 0 saturated heterocycles. The topological polar surface area (TPSA) is 147 Å². The van der Waals surface area contributed by atoms with E-state index in [9.17, 15) is 13.0 Å². The van der Waals surface area contributed by atoms with E-state index in [0.29, 0.717) is 26.0 Å². The monoisotopic (exact) mass is 500 g/mol. The van der Waals surface area contributed by atoms with Crippen LogP contribution in [-0.4, -0.2) is 44.4 Å². The van der Waals surface area contributed by atoms with Crippen LogP contribution < -0.4 is 10.5 Å². The predicted octanol–water partition coefficient (Wildman–Crippen LogP) is 3.43. The summed E-state index contributed by atoms with van der Waals surface area (Å²) in [7, 11) is -3.48. The fourth-order valence-electron chi connectivity index (χ4n) is 3.56. The van der Waals surface area contributed by atoms with E-state index in [1.165, 1.54) is 23.7 Å². The fraction of sp³-hybridized carbons (Fsp3) is 0.238. The van der Waals surface area contributed by atoms with Crippen LogP contribution >= 0.6 is 11.3 Å². The summed E-state index contributed by atoms with van der Waals surface area (Å²) in [6.45, 7) is 0. The molecule has 9 nitrogen and oxygen atoms in total. The van der Waals surface area contributed by atoms with Crippen molar-refractivity contribution in [3.05, 3.63) is 43.0 Å². The second-order valence-electron chi connectivity index (χ2n) is 7.80. The molecule has 4 aromatic rings. The number of thiophene rings is 1. The van der Waals surface area contributed by atoms with Gasteiger partial charge in [0.25, 0.3) is 0 Å². The van der Waals surface area contributed by atoms with Gasteiger partial charge in [-0.2, -0.15) is 0 Å². The Bertz CT molecular complexity index is 1420. The molecule has 1 saturated carbocycles. The van der Waals surface area contributed by atoms with Gasteiger partial charge in [-0.25, -0.2) is 23.4 Å². The predicted molar refractivity (Wildman–Crippen MR) is 131 cm³/mol. The standard InChI is InChI=1S/C21H20N6O3S3/c1-33(29,30)27-21-24-10-13(11-25-21)16-8-15(12-4-3-7-23-9-12)17-18(22)20(31-19(17)26-16)32(28)14-5-2-6-14/h3-4,7-11,14H,2,5-6,22H2,1H3,(H,24,25,27). The fourth-order valence-corrected chi connectivity index (χ4v) is 7.21. The number of hydrogen-bond donors (Lipinski definition) is 2. The highest BCUT2D eigenvalue weighted by atomic mass is 32.2. The third-order valence-corrected chi connectivity index (χ3v) is 9.25. The lowest BCUT2D eigenvalue weighted by Gasteiger charge is -2.27. The molecule has 0 spiro atoms. The average molecular weight is 501 g/mol. The van der Waals surface area contributed by atoms with Crippen LogP contribution in [0, 0.1) is 0 Å². The number of fused-ring (bicyclic) bond motifs is 1. The molecule has 1 fully saturated rings. The second kappa shape index (κ2) is 8.52. The molecule has 1 aliphatic rings. The maximum Gasteiger partial charge on any atom is 0.236 e. The van der Waals surface area contributed by atoms with Crippen LogP contribution in [-0.2, 0) is 21.2 Å². The molecule has 3 N–H and O–H groups in total. The van der Waals surface area contributed by atoms with Gasteiger partial charge < -0.3 is 10.3 Å². The Morgan fingerprint density at radius 2 is 1.97 bits per heavy atom. The summed E-state index contributed by atoms with van der Waals surface area (Å²) in [6.07, 6.45) is 10.5. The Balaban J connectivity index is 1.64. The van der Waals surface area contributed by atoms with E-state index in [1.807, 2.05) is 18.2 Å². The van der Waals surface area contributed by atoms with Crippen molar-refractivity contribution in [1.29, 1.82) is 0 Å². The van der Waals surface area contributed by atoms with Crippen molar-refractivity contribution >= 4 is 54.4 Å². The smallest absolute Gasteiger partial charge is 0.236 e. The number of nitrogens with one attached hydrogen (secondary N) is 1. The van der Waals surface area contributed by atoms with Crippen LogP contribution in [0.4, 0.5) is 11.6 Å². The number of aromatic nitrogens is 4. The first-order chi connectivity index (χ1) is 15.8. The van der Waals surface area contributed by atoms with Crippen LogP contribution in [0.2, 0.25) is 0 Å². The van der Waals surface area contributed by atoms with Crippen molar-refractivity contribution in [1.82, 2.24) is 19.9 Å². The van der Waals surface area contributed by atoms with Gasteiger partial charge in [-0.15, -0.1) is 0 Å². The van der Waals surface area contributed by atoms with Crippen molar-refractivity contribution < 1.29 is 13.0 Å². The summed E-state index contributed by atoms with van der Waals surface area (Å²) in [5.74, 6) is -0.0200. The molecule has 0 bridgehead atoms. The Hall–Kier alpha value is -2.80. The number of nitrogens with zero attached hydrogens (tertiary/aromatic N) is 4. The zero-order valence-corrected chi connectivity index (χ0v) is 20.0. The highest BCUT2D eigenvalue weighted by Gasteiger charge is 2.35. The maximum atomic E-state index is 13.1. The molecule has 5 rings (SSSR count). The average Bonchev–Trinajstić information content (AvgIpc) is 3.08. The van der Waals surface area contributed by atoms with E-state index in [4.69, 9.17) is 10.7 Å². The van der Waals surface area contributed by atoms with Gasteiger partial charge in [-0.1, -0.05) is 17.4 Å². The lowest BCUT2D eigenvalue weighted by atomic mass is 10.00. The van der Waals surface area contributed by atoms with E-state index < -0.39 is 21.2 Å². The van der Waals surface area contributed by atoms with Crippen molar-refractivity contribution in [3.8, 4) is 22.4 Å². The molecule has 170 valence electrons. The summed E-state index contributed by atoms with van der Waals surface area (Å²) in [6, 6.07) is 5.65. The molecular weight excluding hydrogens is 480 g/mol. The van der Waals surface area contributed by atoms with Gasteiger partial charge in [0.2, 0.25) is 20.2 Å². The van der Waals surface area contributed by atoms with Crippen molar-refractivity contribution in [2.24, 2.45) is 0 Å². The van der Waals surface area contributed by atoms with Crippen LogP contribution in [0.1, 0.15) is 19.3 Å². The highest BCUT2D eigenvalue weighted by Crippen LogP contribution is 2.45. The van der Waals surface area contributed by atoms with Gasteiger partial charge in [0, 0.05) is 52.5 Å². The molecule has 0 amide bonds. The molecule has 1 atom stereocenters. The third kappa shape index (κ3) is 4.38. The van der Waals surface area contributed by atoms with Gasteiger partial charge in [0.05, 0.1) is 11.9 Å². The van der Waals surface area contributed by atoms with E-state index >= 15 is 0 Å². The number of pyridine rings is 2. The van der Waals surface area contributed by atoms with Crippen LogP contribution in [0.3, 0.4) is 0 Å². The largest absolute Gasteiger partial charge is 0.611 e. The second-order valence-corrected chi connectivity index (χ2v) is 12.5. The minimum absolute atomic E-state index is 0.0200. The van der Waals surface area contributed by atoms with Crippen molar-refractivity contribution in [2.45, 2.75) is 28.7 Å². The first-order valence-corrected chi connectivity index (χ1v) is 14.1. The van der Waals surface area contributed by atoms with E-state index in [2.05, 4.69) is 19.7 Å². The highest BCUT2D eigenvalue weighted by molar-refractivity contribution is 7.94. The van der Waals surface area contributed by atoms with Crippen LogP contribution in [0.5, 0.6) is 0 Å². The summed E-state index contributed by atoms with van der Waals surface area (Å²) in [4.78, 5) is 17.9. The molecule has 33 heavy (non-hydrogen) atoms. The quantitative estimate of drug-likeness (QED) is 0.383. The molecule has 4 aromatic heterocycles. The SMILES string of the molecule is CS(=O)(=O)Nc1ncc(-c2cc(-c3cccnc3)c3c(N)c([S+]([O-])C4CCC4)sc3n2)cn1. The summed E-state index contributed by atoms with van der Waals surface area (Å²) in [5, 5.41) is 0.903. The molecule has 12 heteroatoms. The number of anilines is 2. The molecule has 1 unspecified atom stereocenters. The Morgan fingerprint density at radius 3 is 2.58 bits per heavy atom. The Kier molecular flexibility index (Phi) is 5.69. The number of rotatable bonds is 6. The van der Waals surface area contributed by atoms with Crippen LogP contribution in [0.25, 0.3) is 32.6 Å². The lowest BCUT2D eigenvalue weighted by molar-refractivity contribution is 0.478. The zero-order chi connectivity index (χ0) is 23.2. The molecule has 0 radical (unpaired) electrons. The van der Waals surface area contributed by atoms with Gasteiger partial charge in [0.15, 0.2) is 0 Å². The number of nitrogens with two attached hydrogens (primary N) is 1. The van der Waals surface area contributed by atoms with E-state index in [1.54, 1.807) is 12.4 Å². The minimum atomic E-state index is -3.48. The normalized spacial score (nSPS) is 15.3. The minimum Gasteiger partial charge on any atom is -0.611 e. The van der Waals surface area contributed by atoms with Gasteiger partial charge in [-0.3, -0.25) is 9.71 Å². The number of nitrogen functional groups attached to an aromatic ring is 1. The number of sulfonamides is 1. The summed E-state index contributed by atoms with van der Waals surface area (Å²) in [5.41, 5.74) is 9.91. The van der Waals surface area contributed by atoms with Gasteiger partial charge in [-0.05, 0) is 37.0 Å². The van der Waals surface area contributed by atoms with Crippen LogP contribution in [0.15, 0.2) is 47.2 Å². The Morgan fingerprint density at radius 1 is 1.21 bits per heavy atom. The first kappa shape index (κ1) is 22.0.